The second-order valence-electron chi connectivity index (χ2n) is 11.3. The molecule has 0 aromatic carbocycles. The van der Waals surface area contributed by atoms with Crippen molar-refractivity contribution in [2.75, 3.05) is 0 Å². The zero-order valence-corrected chi connectivity index (χ0v) is 23.0. The lowest BCUT2D eigenvalue weighted by Crippen LogP contribution is -2.45. The summed E-state index contributed by atoms with van der Waals surface area (Å²) < 4.78 is 11.9. The second kappa shape index (κ2) is 11.4. The van der Waals surface area contributed by atoms with Crippen molar-refractivity contribution in [1.82, 2.24) is 4.98 Å². The molecule has 2 aliphatic heterocycles. The highest BCUT2D eigenvalue weighted by Crippen LogP contribution is 2.45. The van der Waals surface area contributed by atoms with E-state index in [4.69, 9.17) is 9.47 Å². The number of epoxide rings is 1. The van der Waals surface area contributed by atoms with Gasteiger partial charge in [-0.2, -0.15) is 0 Å². The molecule has 0 bridgehead atoms. The van der Waals surface area contributed by atoms with Crippen LogP contribution in [-0.2, 0) is 25.7 Å². The molecule has 2 aliphatic rings. The largest absolute Gasteiger partial charge is 0.458 e. The van der Waals surface area contributed by atoms with Crippen LogP contribution in [0.2, 0.25) is 0 Å². The molecule has 0 amide bonds. The van der Waals surface area contributed by atoms with Crippen LogP contribution in [0, 0.1) is 17.3 Å². The Morgan fingerprint density at radius 1 is 1.25 bits per heavy atom. The fourth-order valence-electron chi connectivity index (χ4n) is 5.08. The van der Waals surface area contributed by atoms with Crippen molar-refractivity contribution in [2.45, 2.75) is 110 Å². The van der Waals surface area contributed by atoms with E-state index >= 15 is 0 Å². The van der Waals surface area contributed by atoms with E-state index in [1.54, 1.807) is 20.8 Å². The first kappa shape index (κ1) is 28.9. The van der Waals surface area contributed by atoms with Crippen molar-refractivity contribution in [3.63, 3.8) is 0 Å². The van der Waals surface area contributed by atoms with Gasteiger partial charge in [0.1, 0.15) is 16.9 Å². The average molecular weight is 524 g/mol. The van der Waals surface area contributed by atoms with Crippen LogP contribution in [0.3, 0.4) is 0 Å². The molecule has 2 unspecified atom stereocenters. The molecule has 0 radical (unpaired) electrons. The molecular weight excluding hydrogens is 482 g/mol. The molecule has 36 heavy (non-hydrogen) atoms. The molecule has 8 nitrogen and oxygen atoms in total. The monoisotopic (exact) mass is 523 g/mol. The Hall–Kier alpha value is -1.65. The summed E-state index contributed by atoms with van der Waals surface area (Å²) in [5.41, 5.74) is -0.0964. The number of thiazole rings is 1. The van der Waals surface area contributed by atoms with Crippen LogP contribution in [0.15, 0.2) is 11.0 Å². The molecule has 9 heteroatoms. The second-order valence-corrected chi connectivity index (χ2v) is 12.2. The number of Topliss-reactive ketones (excluding diaryl/α,β-unsaturated/α-hetero) is 1. The maximum atomic E-state index is 13.2. The van der Waals surface area contributed by atoms with E-state index in [-0.39, 0.29) is 36.4 Å². The number of ether oxygens (including phenoxy) is 2. The van der Waals surface area contributed by atoms with E-state index in [1.807, 2.05) is 32.2 Å². The van der Waals surface area contributed by atoms with Gasteiger partial charge in [0.2, 0.25) is 0 Å². The third kappa shape index (κ3) is 6.61. The Labute approximate surface area is 217 Å². The summed E-state index contributed by atoms with van der Waals surface area (Å²) in [7, 11) is 0. The van der Waals surface area contributed by atoms with E-state index in [1.165, 1.54) is 11.3 Å². The van der Waals surface area contributed by atoms with E-state index in [9.17, 15) is 24.9 Å². The zero-order valence-electron chi connectivity index (χ0n) is 22.2. The minimum atomic E-state index is -1.26. The standard InChI is InChI=1S/C27H41NO7S/c1-15-8-7-9-27(6)21(35-27)11-19(16(2)10-18-14-36-22(13-29)28-18)34-23(31)12-20(30)26(4,5)25(33)17(3)24(15)32/h10,14-15,17,19-21,24,29-30,32H,7-9,11-13H2,1-6H3/t15-,17+,19?,20-,21?,24-,27+/m0/s1. The normalized spacial score (nSPS) is 36.8. The van der Waals surface area contributed by atoms with Gasteiger partial charge in [0.25, 0.3) is 0 Å². The molecule has 3 heterocycles. The minimum absolute atomic E-state index is 0.0860. The Bertz CT molecular complexity index is 973. The first-order valence-electron chi connectivity index (χ1n) is 12.8. The Morgan fingerprint density at radius 3 is 2.58 bits per heavy atom. The summed E-state index contributed by atoms with van der Waals surface area (Å²) in [6.45, 7) is 10.6. The summed E-state index contributed by atoms with van der Waals surface area (Å²) in [6, 6.07) is 0. The van der Waals surface area contributed by atoms with Gasteiger partial charge in [-0.3, -0.25) is 9.59 Å². The van der Waals surface area contributed by atoms with Crippen molar-refractivity contribution >= 4 is 29.2 Å². The lowest BCUT2D eigenvalue weighted by atomic mass is 9.73. The molecule has 202 valence electrons. The van der Waals surface area contributed by atoms with Gasteiger partial charge in [-0.25, -0.2) is 4.98 Å². The molecule has 3 N–H and O–H groups in total. The number of esters is 1. The highest BCUT2D eigenvalue weighted by atomic mass is 32.1. The maximum Gasteiger partial charge on any atom is 0.309 e. The van der Waals surface area contributed by atoms with Crippen molar-refractivity contribution < 1.29 is 34.4 Å². The number of hydrogen-bond donors (Lipinski definition) is 3. The van der Waals surface area contributed by atoms with Crippen LogP contribution in [0.4, 0.5) is 0 Å². The van der Waals surface area contributed by atoms with Gasteiger partial charge in [0.05, 0.1) is 48.0 Å². The number of nitrogens with zero attached hydrogens (tertiary/aromatic N) is 1. The van der Waals surface area contributed by atoms with Gasteiger partial charge in [0, 0.05) is 17.7 Å². The first-order chi connectivity index (χ1) is 16.8. The molecular formula is C27H41NO7S. The highest BCUT2D eigenvalue weighted by Gasteiger charge is 2.53. The Morgan fingerprint density at radius 2 is 1.94 bits per heavy atom. The van der Waals surface area contributed by atoms with Gasteiger partial charge in [-0.05, 0) is 44.3 Å². The van der Waals surface area contributed by atoms with Gasteiger partial charge in [-0.1, -0.05) is 34.1 Å². The summed E-state index contributed by atoms with van der Waals surface area (Å²) in [6.07, 6.45) is 1.60. The number of rotatable bonds is 3. The van der Waals surface area contributed by atoms with Crippen LogP contribution in [0.1, 0.15) is 84.3 Å². The van der Waals surface area contributed by atoms with Crippen LogP contribution >= 0.6 is 11.3 Å². The number of aromatic nitrogens is 1. The summed E-state index contributed by atoms with van der Waals surface area (Å²) in [4.78, 5) is 30.5. The van der Waals surface area contributed by atoms with Gasteiger partial charge < -0.3 is 24.8 Å². The number of aliphatic hydroxyl groups is 3. The van der Waals surface area contributed by atoms with E-state index < -0.39 is 35.6 Å². The molecule has 2 fully saturated rings. The van der Waals surface area contributed by atoms with E-state index in [0.717, 1.165) is 24.8 Å². The summed E-state index contributed by atoms with van der Waals surface area (Å²) in [5.74, 6) is -1.64. The number of ketones is 1. The summed E-state index contributed by atoms with van der Waals surface area (Å²) >= 11 is 1.35. The van der Waals surface area contributed by atoms with E-state index in [2.05, 4.69) is 4.98 Å². The third-order valence-corrected chi connectivity index (χ3v) is 8.85. The van der Waals surface area contributed by atoms with E-state index in [0.29, 0.717) is 17.1 Å². The van der Waals surface area contributed by atoms with Gasteiger partial charge in [-0.15, -0.1) is 11.3 Å². The van der Waals surface area contributed by atoms with Gasteiger partial charge >= 0.3 is 5.97 Å². The third-order valence-electron chi connectivity index (χ3n) is 8.00. The number of cyclic esters (lactones) is 1. The predicted molar refractivity (Wildman–Crippen MR) is 137 cm³/mol. The molecule has 1 aromatic heterocycles. The minimum Gasteiger partial charge on any atom is -0.458 e. The Balaban J connectivity index is 1.85. The van der Waals surface area contributed by atoms with Crippen LogP contribution in [-0.4, -0.2) is 62.1 Å². The highest BCUT2D eigenvalue weighted by molar-refractivity contribution is 7.09. The van der Waals surface area contributed by atoms with Crippen molar-refractivity contribution in [1.29, 1.82) is 0 Å². The predicted octanol–water partition coefficient (Wildman–Crippen LogP) is 3.66. The number of fused-ring (bicyclic) bond motifs is 1. The smallest absolute Gasteiger partial charge is 0.309 e. The molecule has 0 spiro atoms. The molecule has 1 aromatic rings. The number of aliphatic hydroxyl groups excluding tert-OH is 3. The van der Waals surface area contributed by atoms with Gasteiger partial charge in [0.15, 0.2) is 0 Å². The van der Waals surface area contributed by atoms with Crippen molar-refractivity contribution in [3.8, 4) is 0 Å². The van der Waals surface area contributed by atoms with Crippen LogP contribution in [0.25, 0.3) is 6.08 Å². The lowest BCUT2D eigenvalue weighted by molar-refractivity contribution is -0.154. The fraction of sp³-hybridized carbons (Fsp3) is 0.741. The number of carbonyl (C=O) groups excluding carboxylic acids is 2. The molecule has 3 rings (SSSR count). The molecule has 0 saturated carbocycles. The average Bonchev–Trinajstić information content (AvgIpc) is 3.23. The SMILES string of the molecule is CC(=Cc1csc(CO)n1)C1CC2O[C@]2(C)CCC[C@H](C)[C@H](O)[C@@H](C)C(=O)C(C)(C)[C@@H](O)CC(=O)O1. The maximum absolute atomic E-state index is 13.2. The Kier molecular flexibility index (Phi) is 9.15. The quantitative estimate of drug-likeness (QED) is 0.404. The zero-order chi connectivity index (χ0) is 26.8. The van der Waals surface area contributed by atoms with Crippen molar-refractivity contribution in [3.05, 3.63) is 21.7 Å². The number of carbonyl (C=O) groups is 2. The molecule has 0 aliphatic carbocycles. The van der Waals surface area contributed by atoms with Crippen LogP contribution < -0.4 is 0 Å². The van der Waals surface area contributed by atoms with Crippen molar-refractivity contribution in [2.24, 2.45) is 17.3 Å². The topological polar surface area (TPSA) is 129 Å². The first-order valence-corrected chi connectivity index (χ1v) is 13.7. The molecule has 2 saturated heterocycles. The summed E-state index contributed by atoms with van der Waals surface area (Å²) in [5, 5.41) is 33.4. The van der Waals surface area contributed by atoms with Crippen LogP contribution in [0.5, 0.6) is 0 Å². The fourth-order valence-corrected chi connectivity index (χ4v) is 5.69. The molecule has 7 atom stereocenters. The lowest BCUT2D eigenvalue weighted by Gasteiger charge is -2.34. The number of hydrogen-bond acceptors (Lipinski definition) is 9.